The van der Waals surface area contributed by atoms with Crippen LogP contribution in [0.1, 0.15) is 39.0 Å². The van der Waals surface area contributed by atoms with Crippen molar-refractivity contribution in [2.24, 2.45) is 10.9 Å². The number of methoxy groups -OCH3 is 1. The van der Waals surface area contributed by atoms with Crippen LogP contribution >= 0.6 is 24.0 Å². The molecule has 1 amide bonds. The first-order valence-electron chi connectivity index (χ1n) is 8.06. The lowest BCUT2D eigenvalue weighted by Crippen LogP contribution is -2.41. The van der Waals surface area contributed by atoms with Crippen LogP contribution < -0.4 is 16.0 Å². The van der Waals surface area contributed by atoms with E-state index in [2.05, 4.69) is 20.9 Å². The number of halogens is 1. The van der Waals surface area contributed by atoms with Crippen molar-refractivity contribution in [1.82, 2.24) is 16.0 Å². The second-order valence-corrected chi connectivity index (χ2v) is 5.31. The quantitative estimate of drug-likeness (QED) is 0.203. The monoisotopic (exact) mass is 426 g/mol. The van der Waals surface area contributed by atoms with Crippen molar-refractivity contribution in [2.75, 3.05) is 39.9 Å². The Labute approximate surface area is 151 Å². The number of nitrogens with zero attached hydrogens (tertiary/aromatic N) is 1. The summed E-state index contributed by atoms with van der Waals surface area (Å²) in [5.74, 6) is 1.29. The maximum absolute atomic E-state index is 11.5. The van der Waals surface area contributed by atoms with E-state index in [0.29, 0.717) is 13.1 Å². The third kappa shape index (κ3) is 11.1. The molecule has 1 saturated carbocycles. The zero-order valence-electron chi connectivity index (χ0n) is 13.8. The number of ether oxygens (including phenoxy) is 1. The number of rotatable bonds is 11. The summed E-state index contributed by atoms with van der Waals surface area (Å²) in [5.41, 5.74) is 0. The lowest BCUT2D eigenvalue weighted by molar-refractivity contribution is -0.122. The zero-order valence-corrected chi connectivity index (χ0v) is 16.2. The van der Waals surface area contributed by atoms with Crippen molar-refractivity contribution in [3.05, 3.63) is 0 Å². The number of carbonyl (C=O) groups is 1. The predicted molar refractivity (Wildman–Crippen MR) is 101 cm³/mol. The van der Waals surface area contributed by atoms with Crippen LogP contribution in [0.3, 0.4) is 0 Å². The Morgan fingerprint density at radius 1 is 1.14 bits per heavy atom. The Morgan fingerprint density at radius 3 is 2.50 bits per heavy atom. The van der Waals surface area contributed by atoms with Gasteiger partial charge in [-0.1, -0.05) is 0 Å². The summed E-state index contributed by atoms with van der Waals surface area (Å²) in [5, 5.41) is 9.38. The van der Waals surface area contributed by atoms with Crippen LogP contribution in [0.25, 0.3) is 0 Å². The lowest BCUT2D eigenvalue weighted by atomic mass is 10.2. The summed E-state index contributed by atoms with van der Waals surface area (Å²) in [6.45, 7) is 5.87. The molecule has 0 saturated heterocycles. The number of hydrogen-bond acceptors (Lipinski definition) is 3. The van der Waals surface area contributed by atoms with E-state index in [1.165, 1.54) is 0 Å². The van der Waals surface area contributed by atoms with Crippen LogP contribution in [0.5, 0.6) is 0 Å². The third-order valence-electron chi connectivity index (χ3n) is 3.29. The molecule has 0 unspecified atom stereocenters. The standard InChI is InChI=1S/C15H30N4O2.HI/c1-3-16-15(18-9-5-4-6-12-21-2)19-11-10-17-14(20)13-7-8-13;/h13H,3-12H2,1-2H3,(H,17,20)(H2,16,18,19);1H. The summed E-state index contributed by atoms with van der Waals surface area (Å²) >= 11 is 0. The molecule has 1 aliphatic carbocycles. The van der Waals surface area contributed by atoms with Gasteiger partial charge in [-0.15, -0.1) is 24.0 Å². The molecular formula is C15H31IN4O2. The van der Waals surface area contributed by atoms with E-state index in [9.17, 15) is 4.79 Å². The number of aliphatic imine (C=N–C) groups is 1. The number of carbonyl (C=O) groups excluding carboxylic acids is 1. The van der Waals surface area contributed by atoms with Crippen molar-refractivity contribution >= 4 is 35.8 Å². The van der Waals surface area contributed by atoms with Crippen LogP contribution in [0.4, 0.5) is 0 Å². The van der Waals surface area contributed by atoms with E-state index in [1.54, 1.807) is 7.11 Å². The molecule has 1 aliphatic rings. The molecule has 22 heavy (non-hydrogen) atoms. The maximum Gasteiger partial charge on any atom is 0.223 e. The van der Waals surface area contributed by atoms with E-state index in [1.807, 2.05) is 6.92 Å². The van der Waals surface area contributed by atoms with Crippen molar-refractivity contribution in [3.8, 4) is 0 Å². The SMILES string of the molecule is CCNC(=NCCCCCOC)NCCNC(=O)C1CC1.I. The molecule has 0 aliphatic heterocycles. The smallest absolute Gasteiger partial charge is 0.223 e. The predicted octanol–water partition coefficient (Wildman–Crippen LogP) is 1.50. The van der Waals surface area contributed by atoms with E-state index in [0.717, 1.165) is 57.8 Å². The highest BCUT2D eigenvalue weighted by molar-refractivity contribution is 14.0. The number of amides is 1. The molecule has 1 rings (SSSR count). The molecule has 1 fully saturated rings. The first kappa shape index (κ1) is 21.4. The molecule has 0 spiro atoms. The number of unbranched alkanes of at least 4 members (excludes halogenated alkanes) is 2. The maximum atomic E-state index is 11.5. The lowest BCUT2D eigenvalue weighted by Gasteiger charge is -2.11. The fourth-order valence-corrected chi connectivity index (χ4v) is 1.92. The fourth-order valence-electron chi connectivity index (χ4n) is 1.92. The van der Waals surface area contributed by atoms with Gasteiger partial charge in [0.25, 0.3) is 0 Å². The average Bonchev–Trinajstić information content (AvgIpc) is 3.31. The molecule has 0 atom stereocenters. The van der Waals surface area contributed by atoms with Gasteiger partial charge in [-0.3, -0.25) is 9.79 Å². The summed E-state index contributed by atoms with van der Waals surface area (Å²) in [6.07, 6.45) is 5.38. The van der Waals surface area contributed by atoms with Crippen LogP contribution in [0.2, 0.25) is 0 Å². The van der Waals surface area contributed by atoms with Gasteiger partial charge in [-0.05, 0) is 39.0 Å². The van der Waals surface area contributed by atoms with Gasteiger partial charge in [0, 0.05) is 45.8 Å². The van der Waals surface area contributed by atoms with Crippen molar-refractivity contribution < 1.29 is 9.53 Å². The van der Waals surface area contributed by atoms with Crippen molar-refractivity contribution in [3.63, 3.8) is 0 Å². The minimum Gasteiger partial charge on any atom is -0.385 e. The summed E-state index contributed by atoms with van der Waals surface area (Å²) in [6, 6.07) is 0. The normalized spacial score (nSPS) is 14.2. The van der Waals surface area contributed by atoms with Gasteiger partial charge in [0.05, 0.1) is 0 Å². The zero-order chi connectivity index (χ0) is 15.3. The molecule has 7 heteroatoms. The van der Waals surface area contributed by atoms with Crippen molar-refractivity contribution in [2.45, 2.75) is 39.0 Å². The van der Waals surface area contributed by atoms with Crippen LogP contribution in [-0.2, 0) is 9.53 Å². The molecule has 0 radical (unpaired) electrons. The first-order valence-corrected chi connectivity index (χ1v) is 8.06. The first-order chi connectivity index (χ1) is 10.3. The summed E-state index contributed by atoms with van der Waals surface area (Å²) in [7, 11) is 1.73. The minimum absolute atomic E-state index is 0. The molecule has 3 N–H and O–H groups in total. The Bertz CT molecular complexity index is 323. The molecule has 0 bridgehead atoms. The molecular weight excluding hydrogens is 395 g/mol. The molecule has 6 nitrogen and oxygen atoms in total. The largest absolute Gasteiger partial charge is 0.385 e. The number of guanidine groups is 1. The number of hydrogen-bond donors (Lipinski definition) is 3. The van der Waals surface area contributed by atoms with E-state index in [-0.39, 0.29) is 35.8 Å². The van der Waals surface area contributed by atoms with Gasteiger partial charge >= 0.3 is 0 Å². The van der Waals surface area contributed by atoms with Crippen molar-refractivity contribution in [1.29, 1.82) is 0 Å². The van der Waals surface area contributed by atoms with Gasteiger partial charge < -0.3 is 20.7 Å². The third-order valence-corrected chi connectivity index (χ3v) is 3.29. The highest BCUT2D eigenvalue weighted by Crippen LogP contribution is 2.28. The van der Waals surface area contributed by atoms with Crippen LogP contribution in [0.15, 0.2) is 4.99 Å². The van der Waals surface area contributed by atoms with Gasteiger partial charge in [0.1, 0.15) is 0 Å². The van der Waals surface area contributed by atoms with Gasteiger partial charge in [0.2, 0.25) is 5.91 Å². The highest BCUT2D eigenvalue weighted by Gasteiger charge is 2.28. The summed E-state index contributed by atoms with van der Waals surface area (Å²) in [4.78, 5) is 16.0. The second-order valence-electron chi connectivity index (χ2n) is 5.31. The van der Waals surface area contributed by atoms with Gasteiger partial charge in [-0.25, -0.2) is 0 Å². The Morgan fingerprint density at radius 2 is 1.86 bits per heavy atom. The molecule has 0 aromatic rings. The van der Waals surface area contributed by atoms with E-state index >= 15 is 0 Å². The van der Waals surface area contributed by atoms with Gasteiger partial charge in [-0.2, -0.15) is 0 Å². The molecule has 130 valence electrons. The Kier molecular flexibility index (Phi) is 13.7. The van der Waals surface area contributed by atoms with Crippen LogP contribution in [0, 0.1) is 5.92 Å². The number of nitrogens with one attached hydrogen (secondary N) is 3. The average molecular weight is 426 g/mol. The Hall–Kier alpha value is -0.570. The van der Waals surface area contributed by atoms with E-state index < -0.39 is 0 Å². The Balaban J connectivity index is 0.00000441. The van der Waals surface area contributed by atoms with E-state index in [4.69, 9.17) is 4.74 Å². The fraction of sp³-hybridized carbons (Fsp3) is 0.867. The molecule has 0 aromatic heterocycles. The highest BCUT2D eigenvalue weighted by atomic mass is 127. The minimum atomic E-state index is 0. The summed E-state index contributed by atoms with van der Waals surface area (Å²) < 4.78 is 5.02. The topological polar surface area (TPSA) is 74.8 Å². The van der Waals surface area contributed by atoms with Gasteiger partial charge in [0.15, 0.2) is 5.96 Å². The second kappa shape index (κ2) is 14.0. The molecule has 0 heterocycles. The van der Waals surface area contributed by atoms with Crippen LogP contribution in [-0.4, -0.2) is 51.8 Å². The molecule has 0 aromatic carbocycles.